The number of aryl methyl sites for hydroxylation is 1. The summed E-state index contributed by atoms with van der Waals surface area (Å²) in [5.74, 6) is 0.285. The lowest BCUT2D eigenvalue weighted by atomic mass is 10.2. The molecule has 0 atom stereocenters. The minimum absolute atomic E-state index is 0.107. The van der Waals surface area contributed by atoms with Crippen LogP contribution < -0.4 is 0 Å². The average Bonchev–Trinajstić information content (AvgIpc) is 2.73. The van der Waals surface area contributed by atoms with Gasteiger partial charge >= 0.3 is 0 Å². The summed E-state index contributed by atoms with van der Waals surface area (Å²) in [6.07, 6.45) is 1.51. The third kappa shape index (κ3) is 1.61. The van der Waals surface area contributed by atoms with Gasteiger partial charge in [-0.1, -0.05) is 11.6 Å². The van der Waals surface area contributed by atoms with Gasteiger partial charge in [0.15, 0.2) is 5.76 Å². The normalized spacial score (nSPS) is 10.4. The van der Waals surface area contributed by atoms with Crippen molar-refractivity contribution in [3.63, 3.8) is 0 Å². The van der Waals surface area contributed by atoms with Crippen LogP contribution in [-0.4, -0.2) is 5.78 Å². The van der Waals surface area contributed by atoms with Gasteiger partial charge in [-0.25, -0.2) is 0 Å². The van der Waals surface area contributed by atoms with Crippen molar-refractivity contribution < 1.29 is 9.21 Å². The van der Waals surface area contributed by atoms with Crippen molar-refractivity contribution in [1.29, 1.82) is 0 Å². The van der Waals surface area contributed by atoms with Crippen LogP contribution in [0.2, 0.25) is 4.34 Å². The molecule has 0 unspecified atom stereocenters. The number of thiophene rings is 1. The van der Waals surface area contributed by atoms with Gasteiger partial charge in [0.2, 0.25) is 5.78 Å². The van der Waals surface area contributed by atoms with Crippen LogP contribution in [0.3, 0.4) is 0 Å². The van der Waals surface area contributed by atoms with E-state index in [1.54, 1.807) is 18.2 Å². The smallest absolute Gasteiger partial charge is 0.238 e. The molecule has 2 rings (SSSR count). The Bertz CT molecular complexity index is 470. The van der Waals surface area contributed by atoms with Crippen LogP contribution in [-0.2, 0) is 0 Å². The molecule has 14 heavy (non-hydrogen) atoms. The molecule has 2 aromatic rings. The van der Waals surface area contributed by atoms with Gasteiger partial charge in [-0.15, -0.1) is 11.3 Å². The monoisotopic (exact) mass is 226 g/mol. The van der Waals surface area contributed by atoms with E-state index in [2.05, 4.69) is 0 Å². The highest BCUT2D eigenvalue weighted by molar-refractivity contribution is 7.18. The number of rotatable bonds is 2. The Morgan fingerprint density at radius 3 is 2.71 bits per heavy atom. The van der Waals surface area contributed by atoms with Crippen molar-refractivity contribution in [2.24, 2.45) is 0 Å². The van der Waals surface area contributed by atoms with E-state index >= 15 is 0 Å². The maximum Gasteiger partial charge on any atom is 0.238 e. The second kappa shape index (κ2) is 3.59. The molecule has 2 aromatic heterocycles. The van der Waals surface area contributed by atoms with Crippen LogP contribution in [0.5, 0.6) is 0 Å². The SMILES string of the molecule is Cc1ccoc1C(=O)c1ccc(Cl)s1. The van der Waals surface area contributed by atoms with Crippen LogP contribution in [0, 0.1) is 6.92 Å². The molecule has 0 saturated carbocycles. The van der Waals surface area contributed by atoms with E-state index in [0.29, 0.717) is 15.0 Å². The first-order valence-corrected chi connectivity index (χ1v) is 5.22. The first kappa shape index (κ1) is 9.49. The average molecular weight is 227 g/mol. The van der Waals surface area contributed by atoms with Crippen LogP contribution in [0.4, 0.5) is 0 Å². The molecule has 0 aliphatic carbocycles. The molecule has 0 aliphatic rings. The summed E-state index contributed by atoms with van der Waals surface area (Å²) in [7, 11) is 0. The highest BCUT2D eigenvalue weighted by atomic mass is 35.5. The number of ketones is 1. The van der Waals surface area contributed by atoms with Gasteiger partial charge in [-0.2, -0.15) is 0 Å². The largest absolute Gasteiger partial charge is 0.461 e. The first-order valence-electron chi connectivity index (χ1n) is 4.02. The molecule has 2 nitrogen and oxygen atoms in total. The molecule has 0 fully saturated rings. The number of hydrogen-bond acceptors (Lipinski definition) is 3. The third-order valence-electron chi connectivity index (χ3n) is 1.87. The molecule has 72 valence electrons. The lowest BCUT2D eigenvalue weighted by molar-refractivity contribution is 0.101. The summed E-state index contributed by atoms with van der Waals surface area (Å²) < 4.78 is 5.71. The molecule has 4 heteroatoms. The summed E-state index contributed by atoms with van der Waals surface area (Å²) in [6, 6.07) is 5.18. The molecular weight excluding hydrogens is 220 g/mol. The second-order valence-electron chi connectivity index (χ2n) is 2.87. The molecule has 0 saturated heterocycles. The zero-order chi connectivity index (χ0) is 10.1. The minimum Gasteiger partial charge on any atom is -0.461 e. The zero-order valence-corrected chi connectivity index (χ0v) is 8.98. The Balaban J connectivity index is 2.38. The van der Waals surface area contributed by atoms with Crippen molar-refractivity contribution >= 4 is 28.7 Å². The maximum atomic E-state index is 11.8. The second-order valence-corrected chi connectivity index (χ2v) is 4.58. The van der Waals surface area contributed by atoms with Crippen molar-refractivity contribution in [3.8, 4) is 0 Å². The van der Waals surface area contributed by atoms with Crippen LogP contribution in [0.25, 0.3) is 0 Å². The van der Waals surface area contributed by atoms with Crippen molar-refractivity contribution in [2.75, 3.05) is 0 Å². The van der Waals surface area contributed by atoms with Gasteiger partial charge in [0.05, 0.1) is 15.5 Å². The van der Waals surface area contributed by atoms with Gasteiger partial charge in [0.1, 0.15) is 0 Å². The summed E-state index contributed by atoms with van der Waals surface area (Å²) in [5, 5.41) is 0. The lowest BCUT2D eigenvalue weighted by Crippen LogP contribution is -1.97. The molecule has 0 radical (unpaired) electrons. The summed E-state index contributed by atoms with van der Waals surface area (Å²) in [6.45, 7) is 1.84. The predicted molar refractivity (Wildman–Crippen MR) is 56.2 cm³/mol. The molecule has 0 bridgehead atoms. The maximum absolute atomic E-state index is 11.8. The number of hydrogen-bond donors (Lipinski definition) is 0. The third-order valence-corrected chi connectivity index (χ3v) is 3.10. The molecule has 0 aromatic carbocycles. The summed E-state index contributed by atoms with van der Waals surface area (Å²) >= 11 is 7.00. The van der Waals surface area contributed by atoms with Crippen LogP contribution in [0.1, 0.15) is 21.0 Å². The highest BCUT2D eigenvalue weighted by Crippen LogP contribution is 2.25. The quantitative estimate of drug-likeness (QED) is 0.734. The Kier molecular flexibility index (Phi) is 2.44. The zero-order valence-electron chi connectivity index (χ0n) is 7.41. The number of furan rings is 1. The van der Waals surface area contributed by atoms with E-state index in [1.165, 1.54) is 17.6 Å². The Labute approximate surface area is 90.1 Å². The molecule has 0 amide bonds. The molecule has 2 heterocycles. The number of halogens is 1. The van der Waals surface area contributed by atoms with Crippen LogP contribution >= 0.6 is 22.9 Å². The van der Waals surface area contributed by atoms with E-state index in [4.69, 9.17) is 16.0 Å². The molecule has 0 N–H and O–H groups in total. The van der Waals surface area contributed by atoms with Gasteiger partial charge in [0, 0.05) is 0 Å². The Morgan fingerprint density at radius 1 is 1.43 bits per heavy atom. The van der Waals surface area contributed by atoms with E-state index < -0.39 is 0 Å². The van der Waals surface area contributed by atoms with Crippen molar-refractivity contribution in [3.05, 3.63) is 45.0 Å². The summed E-state index contributed by atoms with van der Waals surface area (Å²) in [4.78, 5) is 12.4. The minimum atomic E-state index is -0.107. The summed E-state index contributed by atoms with van der Waals surface area (Å²) in [5.41, 5.74) is 0.847. The lowest BCUT2D eigenvalue weighted by Gasteiger charge is -1.93. The first-order chi connectivity index (χ1) is 6.68. The molecule has 0 aliphatic heterocycles. The fourth-order valence-corrected chi connectivity index (χ4v) is 2.13. The number of carbonyl (C=O) groups excluding carboxylic acids is 1. The highest BCUT2D eigenvalue weighted by Gasteiger charge is 2.16. The standard InChI is InChI=1S/C10H7ClO2S/c1-6-4-5-13-10(6)9(12)7-2-3-8(11)14-7/h2-5H,1H3. The van der Waals surface area contributed by atoms with Crippen LogP contribution in [0.15, 0.2) is 28.9 Å². The van der Waals surface area contributed by atoms with Gasteiger partial charge in [-0.05, 0) is 30.7 Å². The van der Waals surface area contributed by atoms with E-state index in [0.717, 1.165) is 5.56 Å². The van der Waals surface area contributed by atoms with Gasteiger partial charge in [0.25, 0.3) is 0 Å². The molecule has 0 spiro atoms. The van der Waals surface area contributed by atoms with E-state index in [1.807, 2.05) is 6.92 Å². The van der Waals surface area contributed by atoms with E-state index in [-0.39, 0.29) is 5.78 Å². The van der Waals surface area contributed by atoms with Gasteiger partial charge in [-0.3, -0.25) is 4.79 Å². The fraction of sp³-hybridized carbons (Fsp3) is 0.100. The predicted octanol–water partition coefficient (Wildman–Crippen LogP) is 3.53. The van der Waals surface area contributed by atoms with Crippen molar-refractivity contribution in [1.82, 2.24) is 0 Å². The van der Waals surface area contributed by atoms with Gasteiger partial charge < -0.3 is 4.42 Å². The fourth-order valence-electron chi connectivity index (χ4n) is 1.15. The Hall–Kier alpha value is -1.06. The number of carbonyl (C=O) groups is 1. The van der Waals surface area contributed by atoms with Crippen molar-refractivity contribution in [2.45, 2.75) is 6.92 Å². The van der Waals surface area contributed by atoms with E-state index in [9.17, 15) is 4.79 Å². The Morgan fingerprint density at radius 2 is 2.21 bits per heavy atom. The molecular formula is C10H7ClO2S. The topological polar surface area (TPSA) is 30.2 Å².